The highest BCUT2D eigenvalue weighted by Gasteiger charge is 2.29. The van der Waals surface area contributed by atoms with Gasteiger partial charge in [-0.05, 0) is 96.5 Å². The number of hydrogen-bond donors (Lipinski definition) is 2. The summed E-state index contributed by atoms with van der Waals surface area (Å²) in [6.07, 6.45) is 13.3. The van der Waals surface area contributed by atoms with Gasteiger partial charge in [0.2, 0.25) is 0 Å². The lowest BCUT2D eigenvalue weighted by molar-refractivity contribution is -0.150. The maximum absolute atomic E-state index is 11.9. The summed E-state index contributed by atoms with van der Waals surface area (Å²) < 4.78 is 16.3. The highest BCUT2D eigenvalue weighted by Crippen LogP contribution is 2.32. The number of allylic oxidation sites excluding steroid dienone is 1. The minimum Gasteiger partial charge on any atom is -0.466 e. The molecule has 5 rings (SSSR count). The molecule has 3 aliphatic rings. The van der Waals surface area contributed by atoms with E-state index in [1.54, 1.807) is 44.5 Å². The van der Waals surface area contributed by atoms with E-state index < -0.39 is 5.97 Å². The SMILES string of the molecule is CCOC(=O)C1CCC(Cc2cc(=O)n3[nH]ccc3n2)CC1.CCOC(=O)CC(=O)CC1CCC(C(=O)OCC)CC1.NC1=CC=NC1. The number of rotatable bonds is 11. The van der Waals surface area contributed by atoms with E-state index in [4.69, 9.17) is 19.9 Å². The number of ether oxygens (including phenoxy) is 3. The van der Waals surface area contributed by atoms with Crippen molar-refractivity contribution in [3.8, 4) is 0 Å². The zero-order valence-corrected chi connectivity index (χ0v) is 28.5. The van der Waals surface area contributed by atoms with E-state index in [2.05, 4.69) is 15.1 Å². The topological polar surface area (TPSA) is 185 Å². The Morgan fingerprint density at radius 3 is 1.96 bits per heavy atom. The second-order valence-corrected chi connectivity index (χ2v) is 12.3. The van der Waals surface area contributed by atoms with Crippen molar-refractivity contribution in [2.75, 3.05) is 26.4 Å². The van der Waals surface area contributed by atoms with Crippen LogP contribution in [0.5, 0.6) is 0 Å². The zero-order chi connectivity index (χ0) is 34.9. The van der Waals surface area contributed by atoms with Crippen LogP contribution >= 0.6 is 0 Å². The number of ketones is 1. The molecular weight excluding hydrogens is 618 g/mol. The lowest BCUT2D eigenvalue weighted by Crippen LogP contribution is -2.25. The number of nitrogens with one attached hydrogen (secondary N) is 1. The van der Waals surface area contributed by atoms with Crippen LogP contribution in [0.2, 0.25) is 0 Å². The van der Waals surface area contributed by atoms with Crippen molar-refractivity contribution in [3.63, 3.8) is 0 Å². The molecule has 0 atom stereocenters. The molecule has 3 N–H and O–H groups in total. The largest absolute Gasteiger partial charge is 0.466 e. The molecule has 2 aliphatic carbocycles. The molecule has 3 heterocycles. The first kappa shape index (κ1) is 38.2. The third-order valence-electron chi connectivity index (χ3n) is 8.70. The Labute approximate surface area is 281 Å². The van der Waals surface area contributed by atoms with Gasteiger partial charge in [-0.25, -0.2) is 9.50 Å². The van der Waals surface area contributed by atoms with E-state index in [1.807, 2.05) is 6.92 Å². The molecule has 2 aromatic rings. The van der Waals surface area contributed by atoms with Gasteiger partial charge in [0.25, 0.3) is 5.56 Å². The average Bonchev–Trinajstić information content (AvgIpc) is 3.75. The Morgan fingerprint density at radius 2 is 1.46 bits per heavy atom. The molecule has 2 saturated carbocycles. The Bertz CT molecular complexity index is 1460. The van der Waals surface area contributed by atoms with Crippen LogP contribution in [0.15, 0.2) is 39.9 Å². The smallest absolute Gasteiger partial charge is 0.313 e. The number of H-pyrrole nitrogens is 1. The number of nitrogens with two attached hydrogens (primary N) is 1. The number of aromatic nitrogens is 3. The fourth-order valence-corrected chi connectivity index (χ4v) is 6.23. The van der Waals surface area contributed by atoms with Crippen LogP contribution in [0.1, 0.15) is 90.7 Å². The van der Waals surface area contributed by atoms with Crippen LogP contribution in [0.25, 0.3) is 5.65 Å². The van der Waals surface area contributed by atoms with Gasteiger partial charge in [0.15, 0.2) is 5.65 Å². The molecule has 0 saturated heterocycles. The van der Waals surface area contributed by atoms with Gasteiger partial charge < -0.3 is 19.9 Å². The number of aromatic amines is 1. The first-order valence-corrected chi connectivity index (χ1v) is 17.1. The summed E-state index contributed by atoms with van der Waals surface area (Å²) in [5.41, 5.74) is 7.54. The van der Waals surface area contributed by atoms with E-state index in [0.717, 1.165) is 69.2 Å². The van der Waals surface area contributed by atoms with Gasteiger partial charge in [-0.2, -0.15) is 0 Å². The fraction of sp³-hybridized carbons (Fsp3) is 0.629. The predicted molar refractivity (Wildman–Crippen MR) is 180 cm³/mol. The molecule has 0 unspecified atom stereocenters. The standard InChI is InChI=1S/C16H21N3O3.C15H24O5.C4H6N2/c1-2-22-16(21)12-5-3-11(4-6-12)9-13-10-15(20)19-14(18-13)7-8-17-19;1-3-19-14(17)10-13(16)9-11-5-7-12(8-6-11)15(18)20-4-2;5-4-1-2-6-3-4/h7-8,10-12,17H,2-6,9H2,1H3;11-12H,3-10H2,1-2H3;1-2H,3,5H2. The van der Waals surface area contributed by atoms with E-state index in [0.29, 0.717) is 44.4 Å². The maximum atomic E-state index is 11.9. The average molecular weight is 670 g/mol. The Hall–Kier alpha value is -4.29. The van der Waals surface area contributed by atoms with Crippen molar-refractivity contribution < 1.29 is 33.4 Å². The Kier molecular flexibility index (Phi) is 16.0. The van der Waals surface area contributed by atoms with Crippen LogP contribution < -0.4 is 11.3 Å². The van der Waals surface area contributed by atoms with Gasteiger partial charge in [-0.3, -0.25) is 34.1 Å². The summed E-state index contributed by atoms with van der Waals surface area (Å²) in [6.45, 7) is 7.22. The predicted octanol–water partition coefficient (Wildman–Crippen LogP) is 4.12. The minimum absolute atomic E-state index is 0.0219. The Morgan fingerprint density at radius 1 is 0.875 bits per heavy atom. The number of fused-ring (bicyclic) bond motifs is 1. The molecule has 0 aromatic carbocycles. The van der Waals surface area contributed by atoms with Crippen LogP contribution in [0, 0.1) is 23.7 Å². The monoisotopic (exact) mass is 669 g/mol. The van der Waals surface area contributed by atoms with Crippen molar-refractivity contribution in [3.05, 3.63) is 46.2 Å². The molecule has 0 bridgehead atoms. The molecule has 0 amide bonds. The third kappa shape index (κ3) is 12.7. The number of carbonyl (C=O) groups excluding carboxylic acids is 4. The molecule has 2 aromatic heterocycles. The molecule has 13 nitrogen and oxygen atoms in total. The van der Waals surface area contributed by atoms with E-state index in [1.165, 1.54) is 4.52 Å². The summed E-state index contributed by atoms with van der Waals surface area (Å²) in [5, 5.41) is 2.84. The number of carbonyl (C=O) groups is 4. The van der Waals surface area contributed by atoms with E-state index >= 15 is 0 Å². The number of esters is 3. The number of nitrogens with zero attached hydrogens (tertiary/aromatic N) is 3. The van der Waals surface area contributed by atoms with Crippen LogP contribution in [0.4, 0.5) is 0 Å². The highest BCUT2D eigenvalue weighted by molar-refractivity contribution is 5.95. The van der Waals surface area contributed by atoms with Gasteiger partial charge in [-0.1, -0.05) is 0 Å². The fourth-order valence-electron chi connectivity index (χ4n) is 6.23. The quantitative estimate of drug-likeness (QED) is 0.200. The van der Waals surface area contributed by atoms with Crippen molar-refractivity contribution in [1.29, 1.82) is 0 Å². The maximum Gasteiger partial charge on any atom is 0.313 e. The zero-order valence-electron chi connectivity index (χ0n) is 28.5. The number of aliphatic imine (C=N–C) groups is 1. The normalized spacial score (nSPS) is 21.5. The second-order valence-electron chi connectivity index (χ2n) is 12.3. The van der Waals surface area contributed by atoms with Gasteiger partial charge in [0.05, 0.1) is 38.2 Å². The molecule has 2 fully saturated rings. The summed E-state index contributed by atoms with van der Waals surface area (Å²) in [7, 11) is 0. The van der Waals surface area contributed by atoms with Crippen LogP contribution in [-0.4, -0.2) is 70.9 Å². The highest BCUT2D eigenvalue weighted by atomic mass is 16.5. The molecule has 0 spiro atoms. The van der Waals surface area contributed by atoms with Gasteiger partial charge in [0, 0.05) is 42.4 Å². The van der Waals surface area contributed by atoms with Crippen LogP contribution in [0.3, 0.4) is 0 Å². The summed E-state index contributed by atoms with van der Waals surface area (Å²) in [4.78, 5) is 66.5. The van der Waals surface area contributed by atoms with Crippen molar-refractivity contribution in [2.24, 2.45) is 34.4 Å². The summed E-state index contributed by atoms with van der Waals surface area (Å²) in [6, 6.07) is 3.39. The molecule has 264 valence electrons. The number of Topliss-reactive ketones (excluding diaryl/α,β-unsaturated/α-hetero) is 1. The molecule has 13 heteroatoms. The van der Waals surface area contributed by atoms with Crippen molar-refractivity contribution >= 4 is 35.6 Å². The Balaban J connectivity index is 0.000000223. The lowest BCUT2D eigenvalue weighted by Gasteiger charge is -2.26. The van der Waals surface area contributed by atoms with E-state index in [9.17, 15) is 24.0 Å². The van der Waals surface area contributed by atoms with E-state index in [-0.39, 0.29) is 47.5 Å². The molecular formula is C35H51N5O8. The third-order valence-corrected chi connectivity index (χ3v) is 8.70. The van der Waals surface area contributed by atoms with Crippen LogP contribution in [-0.2, 0) is 39.8 Å². The lowest BCUT2D eigenvalue weighted by atomic mass is 9.79. The number of hydrogen-bond acceptors (Lipinski definition) is 11. The van der Waals surface area contributed by atoms with Gasteiger partial charge >= 0.3 is 17.9 Å². The van der Waals surface area contributed by atoms with Crippen molar-refractivity contribution in [2.45, 2.75) is 91.4 Å². The molecule has 1 aliphatic heterocycles. The van der Waals surface area contributed by atoms with Gasteiger partial charge in [-0.15, -0.1) is 0 Å². The molecule has 48 heavy (non-hydrogen) atoms. The summed E-state index contributed by atoms with van der Waals surface area (Å²) in [5.74, 6) is 0.0884. The molecule has 0 radical (unpaired) electrons. The first-order valence-electron chi connectivity index (χ1n) is 17.1. The summed E-state index contributed by atoms with van der Waals surface area (Å²) >= 11 is 0. The van der Waals surface area contributed by atoms with Gasteiger partial charge in [0.1, 0.15) is 12.2 Å². The van der Waals surface area contributed by atoms with Crippen molar-refractivity contribution in [1.82, 2.24) is 14.6 Å². The second kappa shape index (κ2) is 20.2. The first-order chi connectivity index (χ1) is 23.1. The minimum atomic E-state index is -0.447.